The molecule has 0 amide bonds. The Morgan fingerprint density at radius 2 is 2.50 bits per heavy atom. The SMILES string of the molecule is OCc1cc(-c2cccs2)on1. The highest BCUT2D eigenvalue weighted by Crippen LogP contribution is 2.24. The molecule has 1 N–H and O–H groups in total. The van der Waals surface area contributed by atoms with Crippen LogP contribution in [0.15, 0.2) is 28.1 Å². The normalized spacial score (nSPS) is 10.4. The molecule has 2 rings (SSSR count). The Labute approximate surface area is 73.3 Å². The van der Waals surface area contributed by atoms with Crippen molar-refractivity contribution in [1.29, 1.82) is 0 Å². The summed E-state index contributed by atoms with van der Waals surface area (Å²) in [5.41, 5.74) is 0.568. The molecule has 0 aliphatic rings. The first-order chi connectivity index (χ1) is 5.90. The molecule has 2 heterocycles. The third-order valence-electron chi connectivity index (χ3n) is 1.48. The lowest BCUT2D eigenvalue weighted by Crippen LogP contribution is -1.78. The first-order valence-corrected chi connectivity index (χ1v) is 4.38. The topological polar surface area (TPSA) is 46.3 Å². The van der Waals surface area contributed by atoms with E-state index in [9.17, 15) is 0 Å². The molecule has 0 aromatic carbocycles. The summed E-state index contributed by atoms with van der Waals surface area (Å²) in [7, 11) is 0. The van der Waals surface area contributed by atoms with Gasteiger partial charge in [-0.1, -0.05) is 11.2 Å². The van der Waals surface area contributed by atoms with Gasteiger partial charge in [0.15, 0.2) is 5.76 Å². The van der Waals surface area contributed by atoms with Crippen LogP contribution in [0, 0.1) is 0 Å². The molecule has 0 fully saturated rings. The summed E-state index contributed by atoms with van der Waals surface area (Å²) >= 11 is 1.58. The molecule has 62 valence electrons. The zero-order chi connectivity index (χ0) is 8.39. The molecule has 3 nitrogen and oxygen atoms in total. The van der Waals surface area contributed by atoms with Crippen molar-refractivity contribution in [3.63, 3.8) is 0 Å². The molecule has 2 aromatic heterocycles. The third kappa shape index (κ3) is 1.26. The van der Waals surface area contributed by atoms with Gasteiger partial charge in [0, 0.05) is 6.07 Å². The van der Waals surface area contributed by atoms with Crippen molar-refractivity contribution in [1.82, 2.24) is 5.16 Å². The van der Waals surface area contributed by atoms with Crippen molar-refractivity contribution in [3.8, 4) is 10.6 Å². The van der Waals surface area contributed by atoms with E-state index in [0.29, 0.717) is 11.5 Å². The number of hydrogen-bond donors (Lipinski definition) is 1. The van der Waals surface area contributed by atoms with Gasteiger partial charge < -0.3 is 9.63 Å². The number of rotatable bonds is 2. The maximum Gasteiger partial charge on any atom is 0.177 e. The molecule has 0 saturated heterocycles. The molecule has 0 bridgehead atoms. The minimum absolute atomic E-state index is 0.0745. The number of aliphatic hydroxyl groups is 1. The van der Waals surface area contributed by atoms with E-state index in [1.54, 1.807) is 17.4 Å². The van der Waals surface area contributed by atoms with Crippen LogP contribution in [0.1, 0.15) is 5.69 Å². The minimum Gasteiger partial charge on any atom is -0.390 e. The Kier molecular flexibility index (Phi) is 1.93. The highest BCUT2D eigenvalue weighted by Gasteiger charge is 2.05. The van der Waals surface area contributed by atoms with Gasteiger partial charge in [-0.05, 0) is 11.4 Å². The number of thiophene rings is 1. The van der Waals surface area contributed by atoms with Gasteiger partial charge in [0.05, 0.1) is 11.5 Å². The van der Waals surface area contributed by atoms with E-state index in [0.717, 1.165) is 4.88 Å². The lowest BCUT2D eigenvalue weighted by Gasteiger charge is -1.82. The van der Waals surface area contributed by atoms with Gasteiger partial charge in [0.2, 0.25) is 0 Å². The standard InChI is InChI=1S/C8H7NO2S/c10-5-6-4-7(11-9-6)8-2-1-3-12-8/h1-4,10H,5H2. The van der Waals surface area contributed by atoms with Crippen molar-refractivity contribution in [3.05, 3.63) is 29.3 Å². The van der Waals surface area contributed by atoms with Crippen molar-refractivity contribution in [2.45, 2.75) is 6.61 Å². The fraction of sp³-hybridized carbons (Fsp3) is 0.125. The lowest BCUT2D eigenvalue weighted by atomic mass is 10.3. The van der Waals surface area contributed by atoms with Crippen molar-refractivity contribution in [2.75, 3.05) is 0 Å². The molecule has 2 aromatic rings. The van der Waals surface area contributed by atoms with Gasteiger partial charge in [0.25, 0.3) is 0 Å². The average molecular weight is 181 g/mol. The summed E-state index contributed by atoms with van der Waals surface area (Å²) in [6.07, 6.45) is 0. The van der Waals surface area contributed by atoms with E-state index < -0.39 is 0 Å². The van der Waals surface area contributed by atoms with Gasteiger partial charge in [-0.3, -0.25) is 0 Å². The van der Waals surface area contributed by atoms with Crippen LogP contribution >= 0.6 is 11.3 Å². The molecule has 0 aliphatic heterocycles. The van der Waals surface area contributed by atoms with E-state index in [4.69, 9.17) is 9.63 Å². The zero-order valence-corrected chi connectivity index (χ0v) is 7.04. The highest BCUT2D eigenvalue weighted by atomic mass is 32.1. The van der Waals surface area contributed by atoms with Crippen LogP contribution in [0.2, 0.25) is 0 Å². The van der Waals surface area contributed by atoms with E-state index >= 15 is 0 Å². The minimum atomic E-state index is -0.0745. The van der Waals surface area contributed by atoms with Crippen molar-refractivity contribution < 1.29 is 9.63 Å². The maximum atomic E-state index is 8.73. The van der Waals surface area contributed by atoms with Crippen LogP contribution in [-0.2, 0) is 6.61 Å². The molecule has 12 heavy (non-hydrogen) atoms. The molecule has 0 unspecified atom stereocenters. The Morgan fingerprint density at radius 1 is 1.58 bits per heavy atom. The van der Waals surface area contributed by atoms with E-state index in [1.807, 2.05) is 17.5 Å². The second-order valence-electron chi connectivity index (χ2n) is 2.32. The number of hydrogen-bond acceptors (Lipinski definition) is 4. The first-order valence-electron chi connectivity index (χ1n) is 3.50. The Morgan fingerprint density at radius 3 is 3.08 bits per heavy atom. The summed E-state index contributed by atoms with van der Waals surface area (Å²) < 4.78 is 5.00. The molecular weight excluding hydrogens is 174 g/mol. The van der Waals surface area contributed by atoms with E-state index in [2.05, 4.69) is 5.16 Å². The summed E-state index contributed by atoms with van der Waals surface area (Å²) in [4.78, 5) is 1.03. The molecule has 4 heteroatoms. The lowest BCUT2D eigenvalue weighted by molar-refractivity contribution is 0.267. The molecule has 0 saturated carbocycles. The second kappa shape index (κ2) is 3.08. The fourth-order valence-corrected chi connectivity index (χ4v) is 1.59. The first kappa shape index (κ1) is 7.52. The smallest absolute Gasteiger partial charge is 0.177 e. The van der Waals surface area contributed by atoms with Crippen LogP contribution in [0.4, 0.5) is 0 Å². The second-order valence-corrected chi connectivity index (χ2v) is 3.27. The average Bonchev–Trinajstić information content (AvgIpc) is 2.75. The van der Waals surface area contributed by atoms with Gasteiger partial charge in [-0.15, -0.1) is 11.3 Å². The van der Waals surface area contributed by atoms with E-state index in [-0.39, 0.29) is 6.61 Å². The quantitative estimate of drug-likeness (QED) is 0.769. The molecule has 0 atom stereocenters. The summed E-state index contributed by atoms with van der Waals surface area (Å²) in [5, 5.41) is 14.4. The van der Waals surface area contributed by atoms with Crippen molar-refractivity contribution in [2.24, 2.45) is 0 Å². The summed E-state index contributed by atoms with van der Waals surface area (Å²) in [6, 6.07) is 5.64. The van der Waals surface area contributed by atoms with Gasteiger partial charge in [-0.25, -0.2) is 0 Å². The Balaban J connectivity index is 2.35. The predicted molar refractivity (Wildman–Crippen MR) is 45.7 cm³/mol. The van der Waals surface area contributed by atoms with Gasteiger partial charge >= 0.3 is 0 Å². The third-order valence-corrected chi connectivity index (χ3v) is 2.37. The number of aromatic nitrogens is 1. The number of aliphatic hydroxyl groups excluding tert-OH is 1. The predicted octanol–water partition coefficient (Wildman–Crippen LogP) is 1.90. The maximum absolute atomic E-state index is 8.73. The monoisotopic (exact) mass is 181 g/mol. The fourth-order valence-electron chi connectivity index (χ4n) is 0.921. The highest BCUT2D eigenvalue weighted by molar-refractivity contribution is 7.13. The van der Waals surface area contributed by atoms with Crippen LogP contribution in [0.25, 0.3) is 10.6 Å². The molecule has 0 aliphatic carbocycles. The number of nitrogens with zero attached hydrogens (tertiary/aromatic N) is 1. The summed E-state index contributed by atoms with van der Waals surface area (Å²) in [6.45, 7) is -0.0745. The Bertz CT molecular complexity index is 353. The summed E-state index contributed by atoms with van der Waals surface area (Å²) in [5.74, 6) is 0.717. The van der Waals surface area contributed by atoms with Crippen LogP contribution in [-0.4, -0.2) is 10.3 Å². The van der Waals surface area contributed by atoms with Gasteiger partial charge in [-0.2, -0.15) is 0 Å². The van der Waals surface area contributed by atoms with Crippen LogP contribution in [0.5, 0.6) is 0 Å². The molecular formula is C8H7NO2S. The molecule has 0 radical (unpaired) electrons. The van der Waals surface area contributed by atoms with Gasteiger partial charge in [0.1, 0.15) is 5.69 Å². The van der Waals surface area contributed by atoms with E-state index in [1.165, 1.54) is 0 Å². The largest absolute Gasteiger partial charge is 0.390 e. The van der Waals surface area contributed by atoms with Crippen LogP contribution in [0.3, 0.4) is 0 Å². The molecule has 0 spiro atoms. The van der Waals surface area contributed by atoms with Crippen molar-refractivity contribution >= 4 is 11.3 Å². The zero-order valence-electron chi connectivity index (χ0n) is 6.23. The Hall–Kier alpha value is -1.13. The van der Waals surface area contributed by atoms with Crippen LogP contribution < -0.4 is 0 Å².